The Kier molecular flexibility index (Phi) is 4.03. The molecule has 0 aliphatic heterocycles. The maximum atomic E-state index is 11.7. The first kappa shape index (κ1) is 16.8. The molecule has 0 aromatic heterocycles. The van der Waals surface area contributed by atoms with Gasteiger partial charge >= 0.3 is 0 Å². The molecule has 4 nitrogen and oxygen atoms in total. The van der Waals surface area contributed by atoms with Crippen LogP contribution in [0, 0.1) is 23.2 Å². The lowest BCUT2D eigenvalue weighted by molar-refractivity contribution is -0.119. The molecule has 26 heavy (non-hydrogen) atoms. The smallest absolute Gasteiger partial charge is 0.141 e. The number of carbonyl (C=O) groups excluding carboxylic acids is 2. The van der Waals surface area contributed by atoms with Gasteiger partial charge in [-0.05, 0) is 67.4 Å². The molecule has 0 spiro atoms. The lowest BCUT2D eigenvalue weighted by Crippen LogP contribution is -2.12. The highest BCUT2D eigenvalue weighted by atomic mass is 16.5. The maximum absolute atomic E-state index is 11.7. The van der Waals surface area contributed by atoms with Crippen LogP contribution in [0.3, 0.4) is 0 Å². The average molecular weight is 347 g/mol. The fraction of sp³-hybridized carbons (Fsp3) is 0.409. The summed E-state index contributed by atoms with van der Waals surface area (Å²) in [7, 11) is 0. The van der Waals surface area contributed by atoms with Gasteiger partial charge in [-0.3, -0.25) is 9.59 Å². The van der Waals surface area contributed by atoms with E-state index in [9.17, 15) is 9.59 Å². The van der Waals surface area contributed by atoms with Crippen LogP contribution in [-0.2, 0) is 16.0 Å². The lowest BCUT2D eigenvalue weighted by Gasteiger charge is -2.20. The van der Waals surface area contributed by atoms with Gasteiger partial charge < -0.3 is 4.74 Å². The molecule has 0 radical (unpaired) electrons. The number of carbonyl (C=O) groups is 2. The predicted octanol–water partition coefficient (Wildman–Crippen LogP) is 4.02. The summed E-state index contributed by atoms with van der Waals surface area (Å²) in [5, 5.41) is 9.15. The summed E-state index contributed by atoms with van der Waals surface area (Å²) in [6, 6.07) is 8.09. The molecule has 4 heteroatoms. The molecule has 3 unspecified atom stereocenters. The number of nitrogens with zero attached hydrogens (tertiary/aromatic N) is 1. The normalized spacial score (nSPS) is 26.9. The van der Waals surface area contributed by atoms with Gasteiger partial charge in [-0.25, -0.2) is 0 Å². The summed E-state index contributed by atoms with van der Waals surface area (Å²) in [6.45, 7) is 3.60. The second-order valence-corrected chi connectivity index (χ2v) is 7.60. The van der Waals surface area contributed by atoms with Gasteiger partial charge in [-0.2, -0.15) is 5.26 Å². The van der Waals surface area contributed by atoms with E-state index < -0.39 is 0 Å². The summed E-state index contributed by atoms with van der Waals surface area (Å²) in [6.07, 6.45) is 3.92. The number of rotatable bonds is 4. The summed E-state index contributed by atoms with van der Waals surface area (Å²) in [5.41, 5.74) is 4.45. The van der Waals surface area contributed by atoms with Crippen molar-refractivity contribution >= 4 is 11.6 Å². The zero-order valence-electron chi connectivity index (χ0n) is 15.0. The number of nitriles is 1. The molecule has 0 heterocycles. The third kappa shape index (κ3) is 2.78. The molecule has 1 fully saturated rings. The van der Waals surface area contributed by atoms with E-state index in [2.05, 4.69) is 12.1 Å². The van der Waals surface area contributed by atoms with Gasteiger partial charge in [0.15, 0.2) is 0 Å². The zero-order chi connectivity index (χ0) is 18.4. The number of hydrogen-bond donors (Lipinski definition) is 0. The Hall–Kier alpha value is -2.67. The standard InChI is InChI=1S/C22H21NO3/c1-12-9-15(25)4-6-17(12)20(7-8-23)26-16-5-3-14-10-19-21(13(2)24)22(19)18(14)11-16/h3,5,7,11,19,21-22H,4,6,9-10H2,1-2H3/b20-7+. The van der Waals surface area contributed by atoms with Gasteiger partial charge in [0, 0.05) is 18.8 Å². The molecular weight excluding hydrogens is 326 g/mol. The van der Waals surface area contributed by atoms with Crippen molar-refractivity contribution in [3.05, 3.63) is 52.3 Å². The molecule has 1 aromatic rings. The zero-order valence-corrected chi connectivity index (χ0v) is 15.0. The molecular formula is C22H21NO3. The van der Waals surface area contributed by atoms with Gasteiger partial charge in [0.1, 0.15) is 23.1 Å². The van der Waals surface area contributed by atoms with Crippen LogP contribution < -0.4 is 4.74 Å². The Morgan fingerprint density at radius 3 is 2.85 bits per heavy atom. The molecule has 3 aliphatic carbocycles. The first-order chi connectivity index (χ1) is 12.5. The molecule has 3 atom stereocenters. The lowest BCUT2D eigenvalue weighted by atomic mass is 9.90. The third-order valence-electron chi connectivity index (χ3n) is 5.92. The summed E-state index contributed by atoms with van der Waals surface area (Å²) >= 11 is 0. The van der Waals surface area contributed by atoms with Crippen LogP contribution in [0.2, 0.25) is 0 Å². The van der Waals surface area contributed by atoms with Crippen molar-refractivity contribution in [2.45, 2.75) is 45.4 Å². The van der Waals surface area contributed by atoms with E-state index in [4.69, 9.17) is 10.00 Å². The fourth-order valence-electron chi connectivity index (χ4n) is 4.66. The van der Waals surface area contributed by atoms with Crippen molar-refractivity contribution in [3.63, 3.8) is 0 Å². The van der Waals surface area contributed by atoms with Crippen molar-refractivity contribution in [3.8, 4) is 11.8 Å². The van der Waals surface area contributed by atoms with Crippen LogP contribution in [0.25, 0.3) is 0 Å². The first-order valence-electron chi connectivity index (χ1n) is 9.11. The Labute approximate surface area is 153 Å². The number of Topliss-reactive ketones (excluding diaryl/α,β-unsaturated/α-hetero) is 2. The average Bonchev–Trinajstić information content (AvgIpc) is 3.19. The quantitative estimate of drug-likeness (QED) is 0.609. The number of fused-ring (bicyclic) bond motifs is 3. The van der Waals surface area contributed by atoms with Crippen molar-refractivity contribution in [2.24, 2.45) is 11.8 Å². The van der Waals surface area contributed by atoms with Crippen molar-refractivity contribution < 1.29 is 14.3 Å². The second-order valence-electron chi connectivity index (χ2n) is 7.60. The van der Waals surface area contributed by atoms with E-state index in [0.717, 1.165) is 17.6 Å². The first-order valence-corrected chi connectivity index (χ1v) is 9.11. The highest BCUT2D eigenvalue weighted by molar-refractivity contribution is 5.84. The van der Waals surface area contributed by atoms with Crippen LogP contribution in [-0.4, -0.2) is 11.6 Å². The Morgan fingerprint density at radius 1 is 1.35 bits per heavy atom. The minimum Gasteiger partial charge on any atom is -0.456 e. The predicted molar refractivity (Wildman–Crippen MR) is 96.4 cm³/mol. The van der Waals surface area contributed by atoms with Crippen LogP contribution in [0.1, 0.15) is 50.2 Å². The van der Waals surface area contributed by atoms with E-state index >= 15 is 0 Å². The number of hydrogen-bond acceptors (Lipinski definition) is 4. The second kappa shape index (κ2) is 6.25. The van der Waals surface area contributed by atoms with Gasteiger partial charge in [0.25, 0.3) is 0 Å². The van der Waals surface area contributed by atoms with Crippen LogP contribution in [0.15, 0.2) is 41.2 Å². The highest BCUT2D eigenvalue weighted by Crippen LogP contribution is 2.62. The Morgan fingerprint density at radius 2 is 2.15 bits per heavy atom. The summed E-state index contributed by atoms with van der Waals surface area (Å²) < 4.78 is 6.07. The number of benzene rings is 1. The van der Waals surface area contributed by atoms with Gasteiger partial charge in [0.2, 0.25) is 0 Å². The van der Waals surface area contributed by atoms with Gasteiger partial charge in [-0.1, -0.05) is 11.6 Å². The molecule has 132 valence electrons. The highest BCUT2D eigenvalue weighted by Gasteiger charge is 2.57. The van der Waals surface area contributed by atoms with E-state index in [1.807, 2.05) is 19.1 Å². The molecule has 0 amide bonds. The topological polar surface area (TPSA) is 67.2 Å². The largest absolute Gasteiger partial charge is 0.456 e. The Balaban J connectivity index is 1.60. The number of ether oxygens (including phenoxy) is 1. The van der Waals surface area contributed by atoms with E-state index in [-0.39, 0.29) is 17.5 Å². The van der Waals surface area contributed by atoms with Crippen LogP contribution >= 0.6 is 0 Å². The SMILES string of the molecule is CC(=O)C1C2Cc3ccc(O/C(=C/C#N)C4=C(C)CC(=O)CC4)cc3C21. The number of allylic oxidation sites excluding steroid dienone is 3. The molecule has 1 saturated carbocycles. The third-order valence-corrected chi connectivity index (χ3v) is 5.92. The van der Waals surface area contributed by atoms with Gasteiger partial charge in [-0.15, -0.1) is 0 Å². The molecule has 4 rings (SSSR count). The molecule has 0 saturated heterocycles. The minimum atomic E-state index is 0.168. The maximum Gasteiger partial charge on any atom is 0.141 e. The van der Waals surface area contributed by atoms with Crippen molar-refractivity contribution in [1.82, 2.24) is 0 Å². The summed E-state index contributed by atoms with van der Waals surface area (Å²) in [4.78, 5) is 23.4. The minimum absolute atomic E-state index is 0.168. The fourth-order valence-corrected chi connectivity index (χ4v) is 4.66. The van der Waals surface area contributed by atoms with Crippen LogP contribution in [0.4, 0.5) is 0 Å². The molecule has 0 bridgehead atoms. The molecule has 3 aliphatic rings. The Bertz CT molecular complexity index is 916. The molecule has 1 aromatic carbocycles. The van der Waals surface area contributed by atoms with E-state index in [0.29, 0.717) is 42.6 Å². The number of ketones is 2. The van der Waals surface area contributed by atoms with E-state index in [1.165, 1.54) is 17.2 Å². The van der Waals surface area contributed by atoms with Crippen molar-refractivity contribution in [1.29, 1.82) is 5.26 Å². The van der Waals surface area contributed by atoms with Crippen LogP contribution in [0.5, 0.6) is 5.75 Å². The van der Waals surface area contributed by atoms with E-state index in [1.54, 1.807) is 6.92 Å². The summed E-state index contributed by atoms with van der Waals surface area (Å²) in [5.74, 6) is 2.69. The van der Waals surface area contributed by atoms with Gasteiger partial charge in [0.05, 0.1) is 12.1 Å². The van der Waals surface area contributed by atoms with Crippen molar-refractivity contribution in [2.75, 3.05) is 0 Å². The monoisotopic (exact) mass is 347 g/mol. The molecule has 0 N–H and O–H groups in total.